The molecule has 0 aliphatic rings. The summed E-state index contributed by atoms with van der Waals surface area (Å²) in [6.45, 7) is 10.6. The second-order valence-electron chi connectivity index (χ2n) is 9.81. The zero-order valence-electron chi connectivity index (χ0n) is 24.6. The van der Waals surface area contributed by atoms with Gasteiger partial charge in [-0.2, -0.15) is 0 Å². The van der Waals surface area contributed by atoms with E-state index in [1.165, 1.54) is 26.0 Å². The van der Waals surface area contributed by atoms with Crippen LogP contribution in [0.15, 0.2) is 54.6 Å². The van der Waals surface area contributed by atoms with Gasteiger partial charge in [0.15, 0.2) is 0 Å². The van der Waals surface area contributed by atoms with Gasteiger partial charge in [0.25, 0.3) is 17.3 Å². The molecule has 12 nitrogen and oxygen atoms in total. The molecule has 43 heavy (non-hydrogen) atoms. The van der Waals surface area contributed by atoms with Crippen molar-refractivity contribution >= 4 is 73.1 Å². The van der Waals surface area contributed by atoms with Crippen molar-refractivity contribution in [3.05, 3.63) is 106 Å². The number of halogens is 1. The average Bonchev–Trinajstić information content (AvgIpc) is 3.49. The van der Waals surface area contributed by atoms with Crippen molar-refractivity contribution in [2.24, 2.45) is 5.73 Å². The Bertz CT molecular complexity index is 1730. The molecular weight excluding hydrogens is 667 g/mol. The first-order chi connectivity index (χ1) is 20.0. The maximum Gasteiger partial charge on any atom is 0.278 e. The lowest BCUT2D eigenvalue weighted by Gasteiger charge is -1.99. The molecule has 6 N–H and O–H groups in total. The highest BCUT2D eigenvalue weighted by Gasteiger charge is 2.14. The Morgan fingerprint density at radius 3 is 1.81 bits per heavy atom. The summed E-state index contributed by atoms with van der Waals surface area (Å²) in [5.41, 5.74) is 17.5. The minimum Gasteiger partial charge on any atom is -0.398 e. The number of nitro groups is 2. The molecule has 2 aromatic heterocycles. The second-order valence-corrected chi connectivity index (χ2v) is 11.0. The Balaban J connectivity index is 0.000000213. The predicted octanol–water partition coefficient (Wildman–Crippen LogP) is 6.95. The fourth-order valence-corrected chi connectivity index (χ4v) is 4.51. The number of non-ortho nitro benzene ring substituents is 2. The van der Waals surface area contributed by atoms with Crippen molar-refractivity contribution in [1.82, 2.24) is 9.97 Å². The van der Waals surface area contributed by atoms with E-state index in [9.17, 15) is 29.8 Å². The number of benzene rings is 3. The monoisotopic (exact) mass is 700 g/mol. The second kappa shape index (κ2) is 14.9. The van der Waals surface area contributed by atoms with E-state index in [0.29, 0.717) is 16.6 Å². The van der Waals surface area contributed by atoms with Gasteiger partial charge in [0.05, 0.1) is 31.8 Å². The summed E-state index contributed by atoms with van der Waals surface area (Å²) in [5.74, 6) is -0.228. The number of carbonyl (C=O) groups is 2. The minimum atomic E-state index is -0.462. The van der Waals surface area contributed by atoms with E-state index < -0.39 is 10.8 Å². The van der Waals surface area contributed by atoms with Crippen LogP contribution in [-0.2, 0) is 4.79 Å². The molecule has 5 aromatic rings. The number of aromatic amines is 2. The summed E-state index contributed by atoms with van der Waals surface area (Å²) in [6.07, 6.45) is 0. The van der Waals surface area contributed by atoms with Crippen LogP contribution >= 0.6 is 22.6 Å². The maximum atomic E-state index is 11.1. The average molecular weight is 701 g/mol. The quantitative estimate of drug-likeness (QED) is 0.0674. The lowest BCUT2D eigenvalue weighted by molar-refractivity contribution is -0.384. The Labute approximate surface area is 261 Å². The Hall–Kier alpha value is -4.79. The molecule has 5 rings (SSSR count). The standard InChI is InChI=1S/C10H9IN2O.C10H10N2O2.C7H8N2O2.C3H6O/c1-5-4-7-8(11)3-2-6(10(12)14)9(7)13-5;1-6-3-4-9(12(13)14)8-5-7(2)11-10(6)8;1-5-2-3-6(9(10)11)4-7(5)8;1-3(2)4/h2-4,13H,1H3,(H2,12,14);3-5,11H,1-2H3;2-4H,8H2,1H3;1-2H3. The molecule has 2 heterocycles. The van der Waals surface area contributed by atoms with Gasteiger partial charge in [-0.25, -0.2) is 0 Å². The van der Waals surface area contributed by atoms with E-state index in [0.717, 1.165) is 42.5 Å². The lowest BCUT2D eigenvalue weighted by atomic mass is 10.1. The van der Waals surface area contributed by atoms with Gasteiger partial charge < -0.3 is 26.2 Å². The molecule has 0 aliphatic carbocycles. The van der Waals surface area contributed by atoms with Crippen LogP contribution in [0, 0.1) is 51.5 Å². The summed E-state index contributed by atoms with van der Waals surface area (Å²) < 4.78 is 1.12. The number of hydrogen-bond donors (Lipinski definition) is 4. The molecule has 226 valence electrons. The van der Waals surface area contributed by atoms with E-state index >= 15 is 0 Å². The fourth-order valence-electron chi connectivity index (χ4n) is 3.90. The van der Waals surface area contributed by atoms with Gasteiger partial charge in [-0.1, -0.05) is 12.1 Å². The smallest absolute Gasteiger partial charge is 0.278 e. The molecule has 0 bridgehead atoms. The number of H-pyrrole nitrogens is 2. The van der Waals surface area contributed by atoms with Crippen LogP contribution in [-0.4, -0.2) is 31.5 Å². The minimum absolute atomic E-state index is 0.0353. The number of primary amides is 1. The summed E-state index contributed by atoms with van der Waals surface area (Å²) in [5, 5.41) is 22.7. The molecule has 0 saturated carbocycles. The van der Waals surface area contributed by atoms with Gasteiger partial charge >= 0.3 is 0 Å². The summed E-state index contributed by atoms with van der Waals surface area (Å²) >= 11 is 2.24. The highest BCUT2D eigenvalue weighted by Crippen LogP contribution is 2.28. The largest absolute Gasteiger partial charge is 0.398 e. The highest BCUT2D eigenvalue weighted by atomic mass is 127. The third-order valence-electron chi connectivity index (χ3n) is 5.92. The molecule has 0 fully saturated rings. The fraction of sp³-hybridized carbons (Fsp3) is 0.200. The number of nitrogens with two attached hydrogens (primary N) is 2. The van der Waals surface area contributed by atoms with Crippen molar-refractivity contribution in [2.45, 2.75) is 41.5 Å². The zero-order valence-corrected chi connectivity index (χ0v) is 26.7. The van der Waals surface area contributed by atoms with Gasteiger partial charge in [0, 0.05) is 44.2 Å². The predicted molar refractivity (Wildman–Crippen MR) is 177 cm³/mol. The number of anilines is 1. The van der Waals surface area contributed by atoms with Crippen molar-refractivity contribution in [3.63, 3.8) is 0 Å². The van der Waals surface area contributed by atoms with Crippen molar-refractivity contribution in [2.75, 3.05) is 5.73 Å². The van der Waals surface area contributed by atoms with Gasteiger partial charge in [-0.15, -0.1) is 0 Å². The van der Waals surface area contributed by atoms with E-state index in [-0.39, 0.29) is 22.1 Å². The number of amides is 1. The molecule has 0 atom stereocenters. The first kappa shape index (κ1) is 34.4. The number of fused-ring (bicyclic) bond motifs is 2. The summed E-state index contributed by atoms with van der Waals surface area (Å²) in [4.78, 5) is 47.0. The van der Waals surface area contributed by atoms with Gasteiger partial charge in [0.1, 0.15) is 5.78 Å². The molecular formula is C30H33IN6O6. The molecule has 0 radical (unpaired) electrons. The number of nitrogens with one attached hydrogen (secondary N) is 2. The maximum absolute atomic E-state index is 11.1. The first-order valence-corrected chi connectivity index (χ1v) is 13.9. The Morgan fingerprint density at radius 2 is 1.30 bits per heavy atom. The molecule has 0 spiro atoms. The Morgan fingerprint density at radius 1 is 0.767 bits per heavy atom. The van der Waals surface area contributed by atoms with Gasteiger partial charge in [0.2, 0.25) is 0 Å². The molecule has 0 saturated heterocycles. The third kappa shape index (κ3) is 9.36. The van der Waals surface area contributed by atoms with Crippen LogP contribution in [0.5, 0.6) is 0 Å². The lowest BCUT2D eigenvalue weighted by Crippen LogP contribution is -2.11. The van der Waals surface area contributed by atoms with Crippen LogP contribution in [0.1, 0.15) is 46.7 Å². The number of carbonyl (C=O) groups excluding carboxylic acids is 2. The number of nitro benzene ring substituents is 2. The summed E-state index contributed by atoms with van der Waals surface area (Å²) in [6, 6.07) is 15.2. The van der Waals surface area contributed by atoms with Crippen LogP contribution in [0.4, 0.5) is 17.1 Å². The number of rotatable bonds is 3. The van der Waals surface area contributed by atoms with E-state index in [2.05, 4.69) is 32.6 Å². The number of nitrogen functional groups attached to an aromatic ring is 1. The number of hydrogen-bond acceptors (Lipinski definition) is 7. The molecule has 0 aliphatic heterocycles. The van der Waals surface area contributed by atoms with Crippen LogP contribution in [0.25, 0.3) is 21.8 Å². The Kier molecular flexibility index (Phi) is 11.9. The van der Waals surface area contributed by atoms with Crippen LogP contribution in [0.3, 0.4) is 0 Å². The van der Waals surface area contributed by atoms with Crippen LogP contribution in [0.2, 0.25) is 0 Å². The number of ketones is 1. The third-order valence-corrected chi connectivity index (χ3v) is 6.87. The molecule has 0 unspecified atom stereocenters. The molecule has 1 amide bonds. The van der Waals surface area contributed by atoms with E-state index in [4.69, 9.17) is 11.5 Å². The van der Waals surface area contributed by atoms with E-state index in [1.807, 2.05) is 32.9 Å². The number of aromatic nitrogens is 2. The molecule has 3 aromatic carbocycles. The summed E-state index contributed by atoms with van der Waals surface area (Å²) in [7, 11) is 0. The first-order valence-electron chi connectivity index (χ1n) is 12.8. The van der Waals surface area contributed by atoms with E-state index in [1.54, 1.807) is 37.3 Å². The van der Waals surface area contributed by atoms with Crippen LogP contribution < -0.4 is 11.5 Å². The normalized spacial score (nSPS) is 10.0. The van der Waals surface area contributed by atoms with Gasteiger partial charge in [-0.05, 0) is 99.5 Å². The number of aryl methyl sites for hydroxylation is 4. The van der Waals surface area contributed by atoms with Gasteiger partial charge in [-0.3, -0.25) is 25.0 Å². The zero-order chi connectivity index (χ0) is 32.6. The SMILES string of the molecule is CC(C)=O.Cc1cc2c(I)ccc(C(N)=O)c2[nH]1.Cc1cc2c([N+](=O)[O-])ccc(C)c2[nH]1.Cc1ccc([N+](=O)[O-])cc1N. The van der Waals surface area contributed by atoms with Crippen molar-refractivity contribution in [1.29, 1.82) is 0 Å². The van der Waals surface area contributed by atoms with Crippen molar-refractivity contribution in [3.8, 4) is 0 Å². The number of Topliss-reactive ketones (excluding diaryl/α,β-unsaturated/α-hetero) is 1. The molecule has 13 heteroatoms. The topological polar surface area (TPSA) is 204 Å². The number of nitrogens with zero attached hydrogens (tertiary/aromatic N) is 2. The van der Waals surface area contributed by atoms with Crippen molar-refractivity contribution < 1.29 is 19.4 Å². The highest BCUT2D eigenvalue weighted by molar-refractivity contribution is 14.1.